The third-order valence-corrected chi connectivity index (χ3v) is 10.1. The first-order valence-corrected chi connectivity index (χ1v) is 21.1. The molecule has 0 saturated heterocycles. The Balaban J connectivity index is 0.000000334. The van der Waals surface area contributed by atoms with Crippen LogP contribution in [0.5, 0.6) is 0 Å². The Bertz CT molecular complexity index is 1980. The summed E-state index contributed by atoms with van der Waals surface area (Å²) in [5.41, 5.74) is 11.6. The lowest BCUT2D eigenvalue weighted by atomic mass is 9.86. The lowest BCUT2D eigenvalue weighted by molar-refractivity contribution is -0.139. The van der Waals surface area contributed by atoms with Gasteiger partial charge in [0.25, 0.3) is 0 Å². The zero-order valence-electron chi connectivity index (χ0n) is 38.0. The summed E-state index contributed by atoms with van der Waals surface area (Å²) in [4.78, 5) is 32.5. The van der Waals surface area contributed by atoms with Gasteiger partial charge in [-0.25, -0.2) is 13.6 Å². The maximum atomic E-state index is 13.4. The van der Waals surface area contributed by atoms with Gasteiger partial charge < -0.3 is 24.8 Å². The molecule has 0 radical (unpaired) electrons. The number of halogens is 2. The summed E-state index contributed by atoms with van der Waals surface area (Å²) in [6, 6.07) is 13.0. The third-order valence-electron chi connectivity index (χ3n) is 10.1. The number of hydrogen-bond donors (Lipinski definition) is 3. The molecule has 0 unspecified atom stereocenters. The first-order chi connectivity index (χ1) is 28.3. The van der Waals surface area contributed by atoms with Gasteiger partial charge in [0.05, 0.1) is 43.6 Å². The van der Waals surface area contributed by atoms with Gasteiger partial charge in [-0.05, 0) is 101 Å². The highest BCUT2D eigenvalue weighted by Crippen LogP contribution is 2.39. The van der Waals surface area contributed by atoms with E-state index in [1.165, 1.54) is 42.5 Å². The van der Waals surface area contributed by atoms with Gasteiger partial charge in [-0.1, -0.05) is 100 Å². The average molecular weight is 835 g/mol. The Morgan fingerprint density at radius 2 is 1.02 bits per heavy atom. The molecule has 2 atom stereocenters. The van der Waals surface area contributed by atoms with Crippen molar-refractivity contribution in [2.75, 3.05) is 14.2 Å². The van der Waals surface area contributed by atoms with Crippen LogP contribution in [-0.4, -0.2) is 63.7 Å². The van der Waals surface area contributed by atoms with Crippen molar-refractivity contribution in [1.82, 2.24) is 9.97 Å². The second-order valence-corrected chi connectivity index (χ2v) is 16.1. The molecule has 2 aromatic heterocycles. The highest BCUT2D eigenvalue weighted by molar-refractivity contribution is 5.99. The molecular formula is C49H68F2N2O7. The number of carbonyl (C=O) groups is 2. The second kappa shape index (κ2) is 24.6. The lowest BCUT2D eigenvalue weighted by Gasteiger charge is -2.24. The van der Waals surface area contributed by atoms with Crippen LogP contribution in [0.25, 0.3) is 22.3 Å². The molecule has 0 saturated carbocycles. The van der Waals surface area contributed by atoms with E-state index >= 15 is 0 Å². The van der Waals surface area contributed by atoms with Gasteiger partial charge in [-0.3, -0.25) is 14.8 Å². The quantitative estimate of drug-likeness (QED) is 0.0941. The molecule has 0 fully saturated rings. The zero-order chi connectivity index (χ0) is 45.4. The molecule has 60 heavy (non-hydrogen) atoms. The molecule has 0 amide bonds. The van der Waals surface area contributed by atoms with Crippen LogP contribution in [0.4, 0.5) is 8.78 Å². The molecule has 11 heteroatoms. The van der Waals surface area contributed by atoms with E-state index in [1.54, 1.807) is 26.2 Å². The highest BCUT2D eigenvalue weighted by Gasteiger charge is 2.28. The van der Waals surface area contributed by atoms with Crippen molar-refractivity contribution in [3.8, 4) is 22.3 Å². The monoisotopic (exact) mass is 834 g/mol. The van der Waals surface area contributed by atoms with E-state index in [2.05, 4.69) is 48.5 Å². The van der Waals surface area contributed by atoms with Crippen LogP contribution in [-0.2, 0) is 33.7 Å². The fourth-order valence-corrected chi connectivity index (χ4v) is 7.19. The zero-order valence-corrected chi connectivity index (χ0v) is 38.0. The SMILES string of the molecule is CC[C@@H](O)C[C@@H](O)CC(=O)O.CCc1c(C(C)C)nc(C(C)C)c(C(=O)OC)c1-c1ccc(F)cc1.CCc1c(C(C)C)nc(C(C)C)c(COC)c1-c1ccc(F)cc1. The number of ether oxygens (including phenoxy) is 2. The molecular weight excluding hydrogens is 767 g/mol. The van der Waals surface area contributed by atoms with Crippen molar-refractivity contribution in [2.45, 2.75) is 151 Å². The standard InChI is InChI=1S/C21H26FNO2.C21H28FNO.C7H14O4/c1-7-16-17(14-8-10-15(22)11-9-14)18(21(24)25-6)20(13(4)5)23-19(16)12(2)3;1-7-17-19(15-8-10-16(22)11-9-15)18(12-24-6)21(14(4)5)23-20(17)13(2)3;1-2-5(8)3-6(9)4-7(10)11/h8-13H,7H2,1-6H3;8-11,13-14H,7,12H2,1-6H3;5-6,8-9H,2-4H2,1H3,(H,10,11)/t;;5-,6-/m..1/s1. The number of aliphatic hydroxyl groups is 2. The molecule has 330 valence electrons. The minimum absolute atomic E-state index is 0.0664. The van der Waals surface area contributed by atoms with E-state index in [0.717, 1.165) is 63.4 Å². The summed E-state index contributed by atoms with van der Waals surface area (Å²) >= 11 is 0. The normalized spacial score (nSPS) is 12.2. The molecule has 0 aliphatic rings. The largest absolute Gasteiger partial charge is 0.481 e. The number of carboxylic acids is 1. The van der Waals surface area contributed by atoms with Crippen molar-refractivity contribution < 1.29 is 43.2 Å². The van der Waals surface area contributed by atoms with E-state index in [0.29, 0.717) is 30.4 Å². The average Bonchev–Trinajstić information content (AvgIpc) is 3.19. The van der Waals surface area contributed by atoms with Crippen molar-refractivity contribution in [2.24, 2.45) is 0 Å². The van der Waals surface area contributed by atoms with E-state index in [9.17, 15) is 18.4 Å². The number of aliphatic carboxylic acids is 1. The Morgan fingerprint density at radius 3 is 1.38 bits per heavy atom. The van der Waals surface area contributed by atoms with Crippen molar-refractivity contribution in [1.29, 1.82) is 0 Å². The van der Waals surface area contributed by atoms with Crippen LogP contribution in [0.1, 0.15) is 169 Å². The molecule has 3 N–H and O–H groups in total. The minimum atomic E-state index is -1.04. The van der Waals surface area contributed by atoms with Crippen LogP contribution in [0.3, 0.4) is 0 Å². The highest BCUT2D eigenvalue weighted by atomic mass is 19.1. The maximum Gasteiger partial charge on any atom is 0.340 e. The van der Waals surface area contributed by atoms with E-state index < -0.39 is 24.1 Å². The fraction of sp³-hybridized carbons (Fsp3) is 0.510. The van der Waals surface area contributed by atoms with Gasteiger partial charge in [-0.15, -0.1) is 0 Å². The van der Waals surface area contributed by atoms with Gasteiger partial charge in [0.1, 0.15) is 11.6 Å². The summed E-state index contributed by atoms with van der Waals surface area (Å²) in [5.74, 6) is -1.03. The van der Waals surface area contributed by atoms with Crippen LogP contribution in [0.15, 0.2) is 48.5 Å². The Kier molecular flexibility index (Phi) is 21.2. The van der Waals surface area contributed by atoms with Gasteiger partial charge in [-0.2, -0.15) is 0 Å². The third kappa shape index (κ3) is 14.0. The molecule has 4 aromatic rings. The number of nitrogens with zero attached hydrogens (tertiary/aromatic N) is 2. The topological polar surface area (TPSA) is 139 Å². The number of pyridine rings is 2. The van der Waals surface area contributed by atoms with Crippen molar-refractivity contribution in [3.63, 3.8) is 0 Å². The van der Waals surface area contributed by atoms with E-state index in [-0.39, 0.29) is 36.3 Å². The number of carbonyl (C=O) groups excluding carboxylic acids is 1. The fourth-order valence-electron chi connectivity index (χ4n) is 7.19. The summed E-state index contributed by atoms with van der Waals surface area (Å²) in [5, 5.41) is 26.2. The number of carboxylic acid groups (broad SMARTS) is 1. The molecule has 2 aromatic carbocycles. The first kappa shape index (κ1) is 51.6. The molecule has 0 aliphatic heterocycles. The number of methoxy groups -OCH3 is 2. The molecule has 4 rings (SSSR count). The van der Waals surface area contributed by atoms with Crippen LogP contribution < -0.4 is 0 Å². The van der Waals surface area contributed by atoms with Crippen molar-refractivity contribution in [3.05, 3.63) is 105 Å². The van der Waals surface area contributed by atoms with Crippen LogP contribution in [0, 0.1) is 11.6 Å². The summed E-state index contributed by atoms with van der Waals surface area (Å²) in [7, 11) is 3.09. The molecule has 9 nitrogen and oxygen atoms in total. The predicted molar refractivity (Wildman–Crippen MR) is 236 cm³/mol. The smallest absolute Gasteiger partial charge is 0.340 e. The number of rotatable bonds is 16. The van der Waals surface area contributed by atoms with Crippen LogP contribution >= 0.6 is 0 Å². The van der Waals surface area contributed by atoms with Gasteiger partial charge in [0, 0.05) is 35.3 Å². The number of aromatic nitrogens is 2. The maximum absolute atomic E-state index is 13.4. The van der Waals surface area contributed by atoms with Crippen molar-refractivity contribution >= 4 is 11.9 Å². The summed E-state index contributed by atoms with van der Waals surface area (Å²) in [6.07, 6.45) is 0.487. The number of benzene rings is 2. The predicted octanol–water partition coefficient (Wildman–Crippen LogP) is 11.3. The molecule has 0 aliphatic carbocycles. The van der Waals surface area contributed by atoms with Gasteiger partial charge >= 0.3 is 11.9 Å². The Morgan fingerprint density at radius 1 is 0.617 bits per heavy atom. The number of esters is 1. The number of hydrogen-bond acceptors (Lipinski definition) is 8. The van der Waals surface area contributed by atoms with Gasteiger partial charge in [0.2, 0.25) is 0 Å². The first-order valence-electron chi connectivity index (χ1n) is 21.1. The minimum Gasteiger partial charge on any atom is -0.481 e. The molecule has 0 bridgehead atoms. The summed E-state index contributed by atoms with van der Waals surface area (Å²) in [6.45, 7) is 23.4. The Hall–Kier alpha value is -4.58. The Labute approximate surface area is 356 Å². The summed E-state index contributed by atoms with van der Waals surface area (Å²) < 4.78 is 37.4. The van der Waals surface area contributed by atoms with Gasteiger partial charge in [0.15, 0.2) is 0 Å². The van der Waals surface area contributed by atoms with E-state index in [4.69, 9.17) is 34.8 Å². The lowest BCUT2D eigenvalue weighted by Crippen LogP contribution is -2.19. The molecule has 2 heterocycles. The van der Waals surface area contributed by atoms with E-state index in [1.807, 2.05) is 32.9 Å². The second-order valence-electron chi connectivity index (χ2n) is 16.1. The number of aliphatic hydroxyl groups excluding tert-OH is 2. The van der Waals surface area contributed by atoms with Crippen LogP contribution in [0.2, 0.25) is 0 Å². The molecule has 0 spiro atoms.